The summed E-state index contributed by atoms with van der Waals surface area (Å²) in [6, 6.07) is 9.28. The van der Waals surface area contributed by atoms with Gasteiger partial charge in [-0.25, -0.2) is 9.97 Å². The maximum atomic E-state index is 12.4. The lowest BCUT2D eigenvalue weighted by Crippen LogP contribution is -2.27. The van der Waals surface area contributed by atoms with Crippen LogP contribution >= 0.6 is 11.6 Å². The van der Waals surface area contributed by atoms with Crippen molar-refractivity contribution in [2.75, 3.05) is 7.05 Å². The van der Waals surface area contributed by atoms with Crippen LogP contribution in [0.15, 0.2) is 36.7 Å². The Bertz CT molecular complexity index is 787. The first kappa shape index (κ1) is 13.5. The molecule has 1 amide bonds. The van der Waals surface area contributed by atoms with Crippen LogP contribution in [0.1, 0.15) is 16.3 Å². The van der Waals surface area contributed by atoms with E-state index in [0.29, 0.717) is 23.2 Å². The molecule has 3 rings (SSSR count). The van der Waals surface area contributed by atoms with E-state index in [9.17, 15) is 4.79 Å². The van der Waals surface area contributed by atoms with Gasteiger partial charge >= 0.3 is 0 Å². The quantitative estimate of drug-likeness (QED) is 0.753. The van der Waals surface area contributed by atoms with Crippen molar-refractivity contribution in [1.29, 1.82) is 0 Å². The number of nitrogens with zero attached hydrogens (tertiary/aromatic N) is 4. The molecule has 6 nitrogen and oxygen atoms in total. The average molecular weight is 302 g/mol. The first-order valence-electron chi connectivity index (χ1n) is 6.30. The second-order valence-corrected chi connectivity index (χ2v) is 4.97. The molecule has 2 aromatic heterocycles. The predicted octanol–water partition coefficient (Wildman–Crippen LogP) is 2.28. The number of carbonyl (C=O) groups is 1. The van der Waals surface area contributed by atoms with E-state index < -0.39 is 0 Å². The van der Waals surface area contributed by atoms with Crippen molar-refractivity contribution >= 4 is 28.3 Å². The van der Waals surface area contributed by atoms with Gasteiger partial charge in [0.2, 0.25) is 0 Å². The number of benzene rings is 1. The van der Waals surface area contributed by atoms with E-state index in [4.69, 9.17) is 11.6 Å². The zero-order valence-corrected chi connectivity index (χ0v) is 12.0. The number of nitrogens with one attached hydrogen (secondary N) is 1. The summed E-state index contributed by atoms with van der Waals surface area (Å²) in [5.74, 6) is 0.386. The Balaban J connectivity index is 1.90. The highest BCUT2D eigenvalue weighted by atomic mass is 35.5. The van der Waals surface area contributed by atoms with E-state index in [0.717, 1.165) is 10.8 Å². The van der Waals surface area contributed by atoms with Crippen LogP contribution in [0.4, 0.5) is 0 Å². The van der Waals surface area contributed by atoms with Crippen LogP contribution in [0, 0.1) is 0 Å². The molecule has 0 aliphatic carbocycles. The molecule has 0 aliphatic rings. The molecule has 0 atom stereocenters. The van der Waals surface area contributed by atoms with Gasteiger partial charge < -0.3 is 4.90 Å². The maximum absolute atomic E-state index is 12.4. The number of fused-ring (bicyclic) bond motifs is 1. The number of halogens is 1. The summed E-state index contributed by atoms with van der Waals surface area (Å²) in [6.07, 6.45) is 1.40. The minimum atomic E-state index is -0.223. The van der Waals surface area contributed by atoms with E-state index in [1.165, 1.54) is 11.2 Å². The molecule has 7 heteroatoms. The average Bonchev–Trinajstić information content (AvgIpc) is 2.99. The Kier molecular flexibility index (Phi) is 3.53. The van der Waals surface area contributed by atoms with E-state index in [-0.39, 0.29) is 5.91 Å². The van der Waals surface area contributed by atoms with Gasteiger partial charge in [0.15, 0.2) is 0 Å². The van der Waals surface area contributed by atoms with Crippen LogP contribution in [-0.2, 0) is 6.54 Å². The van der Waals surface area contributed by atoms with Gasteiger partial charge in [0.05, 0.1) is 6.54 Å². The Morgan fingerprint density at radius 3 is 2.95 bits per heavy atom. The Morgan fingerprint density at radius 1 is 1.38 bits per heavy atom. The Morgan fingerprint density at radius 2 is 2.19 bits per heavy atom. The van der Waals surface area contributed by atoms with E-state index in [1.54, 1.807) is 13.1 Å². The van der Waals surface area contributed by atoms with Crippen molar-refractivity contribution in [3.05, 3.63) is 53.3 Å². The van der Waals surface area contributed by atoms with Crippen molar-refractivity contribution in [1.82, 2.24) is 25.1 Å². The molecular weight excluding hydrogens is 290 g/mol. The molecular formula is C14H12ClN5O. The lowest BCUT2D eigenvalue weighted by Gasteiger charge is -2.15. The SMILES string of the molecule is CN(Cc1ncn[nH]1)C(=O)c1cc2ccccc2c(Cl)n1. The number of hydrogen-bond acceptors (Lipinski definition) is 4. The molecule has 21 heavy (non-hydrogen) atoms. The molecule has 0 saturated carbocycles. The zero-order chi connectivity index (χ0) is 14.8. The van der Waals surface area contributed by atoms with Crippen LogP contribution in [0.3, 0.4) is 0 Å². The number of carbonyl (C=O) groups excluding carboxylic acids is 1. The fourth-order valence-corrected chi connectivity index (χ4v) is 2.33. The summed E-state index contributed by atoms with van der Waals surface area (Å²) in [6.45, 7) is 0.324. The molecule has 0 bridgehead atoms. The highest BCUT2D eigenvalue weighted by Crippen LogP contribution is 2.22. The predicted molar refractivity (Wildman–Crippen MR) is 78.9 cm³/mol. The molecule has 0 radical (unpaired) electrons. The molecule has 1 aromatic carbocycles. The molecule has 0 unspecified atom stereocenters. The van der Waals surface area contributed by atoms with Crippen LogP contribution in [0.2, 0.25) is 5.15 Å². The van der Waals surface area contributed by atoms with Gasteiger partial charge in [-0.2, -0.15) is 5.10 Å². The van der Waals surface area contributed by atoms with Crippen LogP contribution < -0.4 is 0 Å². The third kappa shape index (κ3) is 2.71. The number of rotatable bonds is 3. The van der Waals surface area contributed by atoms with Crippen molar-refractivity contribution in [2.45, 2.75) is 6.54 Å². The van der Waals surface area contributed by atoms with Crippen molar-refractivity contribution in [2.24, 2.45) is 0 Å². The summed E-state index contributed by atoms with van der Waals surface area (Å²) < 4.78 is 0. The lowest BCUT2D eigenvalue weighted by molar-refractivity contribution is 0.0776. The maximum Gasteiger partial charge on any atom is 0.272 e. The van der Waals surface area contributed by atoms with Crippen molar-refractivity contribution in [3.63, 3.8) is 0 Å². The number of aromatic nitrogens is 4. The molecule has 0 aliphatic heterocycles. The van der Waals surface area contributed by atoms with E-state index in [1.807, 2.05) is 24.3 Å². The Hall–Kier alpha value is -2.47. The largest absolute Gasteiger partial charge is 0.333 e. The van der Waals surface area contributed by atoms with Gasteiger partial charge in [0.1, 0.15) is 23.0 Å². The highest BCUT2D eigenvalue weighted by Gasteiger charge is 2.16. The monoisotopic (exact) mass is 301 g/mol. The van der Waals surface area contributed by atoms with Gasteiger partial charge in [-0.15, -0.1) is 0 Å². The van der Waals surface area contributed by atoms with Gasteiger partial charge in [-0.3, -0.25) is 9.89 Å². The summed E-state index contributed by atoms with van der Waals surface area (Å²) in [7, 11) is 1.68. The normalized spacial score (nSPS) is 10.8. The van der Waals surface area contributed by atoms with Gasteiger partial charge in [-0.05, 0) is 11.5 Å². The molecule has 3 aromatic rings. The molecule has 0 fully saturated rings. The smallest absolute Gasteiger partial charge is 0.272 e. The second kappa shape index (κ2) is 5.49. The fraction of sp³-hybridized carbons (Fsp3) is 0.143. The first-order chi connectivity index (χ1) is 10.1. The van der Waals surface area contributed by atoms with Gasteiger partial charge in [0, 0.05) is 12.4 Å². The van der Waals surface area contributed by atoms with Crippen molar-refractivity contribution < 1.29 is 4.79 Å². The highest BCUT2D eigenvalue weighted by molar-refractivity contribution is 6.34. The zero-order valence-electron chi connectivity index (χ0n) is 11.2. The molecule has 106 valence electrons. The fourth-order valence-electron chi connectivity index (χ4n) is 2.06. The summed E-state index contributed by atoms with van der Waals surface area (Å²) in [5.41, 5.74) is 0.306. The molecule has 2 heterocycles. The number of aromatic amines is 1. The number of pyridine rings is 1. The standard InChI is InChI=1S/C14H12ClN5O/c1-20(7-12-16-8-17-19-12)14(21)11-6-9-4-2-3-5-10(9)13(15)18-11/h2-6,8H,7H2,1H3,(H,16,17,19). The van der Waals surface area contributed by atoms with Crippen LogP contribution in [-0.4, -0.2) is 38.0 Å². The number of hydrogen-bond donors (Lipinski definition) is 1. The third-order valence-electron chi connectivity index (χ3n) is 3.11. The van der Waals surface area contributed by atoms with Gasteiger partial charge in [0.25, 0.3) is 5.91 Å². The second-order valence-electron chi connectivity index (χ2n) is 4.61. The van der Waals surface area contributed by atoms with E-state index >= 15 is 0 Å². The van der Waals surface area contributed by atoms with E-state index in [2.05, 4.69) is 20.2 Å². The first-order valence-corrected chi connectivity index (χ1v) is 6.68. The van der Waals surface area contributed by atoms with Gasteiger partial charge in [-0.1, -0.05) is 35.9 Å². The summed E-state index contributed by atoms with van der Waals surface area (Å²) in [4.78, 5) is 22.1. The van der Waals surface area contributed by atoms with Crippen LogP contribution in [0.5, 0.6) is 0 Å². The molecule has 0 saturated heterocycles. The third-order valence-corrected chi connectivity index (χ3v) is 3.40. The van der Waals surface area contributed by atoms with Crippen LogP contribution in [0.25, 0.3) is 10.8 Å². The molecule has 0 spiro atoms. The minimum Gasteiger partial charge on any atom is -0.333 e. The summed E-state index contributed by atoms with van der Waals surface area (Å²) >= 11 is 6.14. The minimum absolute atomic E-state index is 0.223. The molecule has 1 N–H and O–H groups in total. The number of amides is 1. The van der Waals surface area contributed by atoms with Crippen molar-refractivity contribution in [3.8, 4) is 0 Å². The topological polar surface area (TPSA) is 74.8 Å². The lowest BCUT2D eigenvalue weighted by atomic mass is 10.1. The number of H-pyrrole nitrogens is 1. The summed E-state index contributed by atoms with van der Waals surface area (Å²) in [5, 5.41) is 8.50. The Labute approximate surface area is 125 Å².